The van der Waals surface area contributed by atoms with Crippen LogP contribution in [0.4, 0.5) is 11.4 Å². The normalized spacial score (nSPS) is 10.8. The van der Waals surface area contributed by atoms with Crippen LogP contribution in [-0.2, 0) is 11.8 Å². The number of aryl methyl sites for hydroxylation is 1. The standard InChI is InChI=1S/C15H12N4O3/c1-18-8-2-3-14(18)9-11(10-16)15(20)17-12-4-6-13(7-5-12)19(21)22/h2-9H,1H3,(H,17,20). The second-order valence-electron chi connectivity index (χ2n) is 4.47. The number of carbonyl (C=O) groups is 1. The number of carbonyl (C=O) groups excluding carboxylic acids is 1. The number of nitrogens with zero attached hydrogens (tertiary/aromatic N) is 3. The van der Waals surface area contributed by atoms with E-state index in [4.69, 9.17) is 5.26 Å². The lowest BCUT2D eigenvalue weighted by atomic mass is 10.2. The molecule has 0 saturated heterocycles. The monoisotopic (exact) mass is 296 g/mol. The van der Waals surface area contributed by atoms with Crippen molar-refractivity contribution in [1.29, 1.82) is 5.26 Å². The van der Waals surface area contributed by atoms with Crippen LogP contribution in [-0.4, -0.2) is 15.4 Å². The van der Waals surface area contributed by atoms with Crippen LogP contribution in [0.3, 0.4) is 0 Å². The fourth-order valence-corrected chi connectivity index (χ4v) is 1.79. The number of amides is 1. The summed E-state index contributed by atoms with van der Waals surface area (Å²) in [6.45, 7) is 0. The fraction of sp³-hybridized carbons (Fsp3) is 0.0667. The molecule has 110 valence electrons. The predicted molar refractivity (Wildman–Crippen MR) is 80.7 cm³/mol. The number of anilines is 1. The van der Waals surface area contributed by atoms with Gasteiger partial charge in [-0.2, -0.15) is 5.26 Å². The highest BCUT2D eigenvalue weighted by Gasteiger charge is 2.11. The summed E-state index contributed by atoms with van der Waals surface area (Å²) in [5.74, 6) is -0.572. The van der Waals surface area contributed by atoms with Gasteiger partial charge in [-0.15, -0.1) is 0 Å². The molecule has 7 heteroatoms. The minimum atomic E-state index is -0.572. The molecule has 2 rings (SSSR count). The highest BCUT2D eigenvalue weighted by Crippen LogP contribution is 2.16. The summed E-state index contributed by atoms with van der Waals surface area (Å²) in [4.78, 5) is 22.1. The van der Waals surface area contributed by atoms with Gasteiger partial charge in [0.2, 0.25) is 0 Å². The van der Waals surface area contributed by atoms with Crippen molar-refractivity contribution < 1.29 is 9.72 Å². The van der Waals surface area contributed by atoms with Crippen molar-refractivity contribution in [1.82, 2.24) is 4.57 Å². The van der Waals surface area contributed by atoms with Crippen molar-refractivity contribution in [2.45, 2.75) is 0 Å². The molecule has 1 aromatic carbocycles. The van der Waals surface area contributed by atoms with Crippen molar-refractivity contribution in [3.63, 3.8) is 0 Å². The van der Waals surface area contributed by atoms with E-state index in [0.29, 0.717) is 5.69 Å². The summed E-state index contributed by atoms with van der Waals surface area (Å²) in [5, 5.41) is 22.2. The summed E-state index contributed by atoms with van der Waals surface area (Å²) in [7, 11) is 1.80. The summed E-state index contributed by atoms with van der Waals surface area (Å²) < 4.78 is 1.77. The summed E-state index contributed by atoms with van der Waals surface area (Å²) in [5.41, 5.74) is 0.969. The van der Waals surface area contributed by atoms with Gasteiger partial charge in [0, 0.05) is 36.8 Å². The topological polar surface area (TPSA) is 101 Å². The number of hydrogen-bond acceptors (Lipinski definition) is 4. The molecule has 0 aliphatic rings. The zero-order chi connectivity index (χ0) is 16.1. The zero-order valence-corrected chi connectivity index (χ0v) is 11.7. The molecule has 0 radical (unpaired) electrons. The third kappa shape index (κ3) is 3.37. The van der Waals surface area contributed by atoms with E-state index >= 15 is 0 Å². The second-order valence-corrected chi connectivity index (χ2v) is 4.47. The van der Waals surface area contributed by atoms with Crippen molar-refractivity contribution >= 4 is 23.4 Å². The minimum Gasteiger partial charge on any atom is -0.351 e. The molecule has 7 nitrogen and oxygen atoms in total. The van der Waals surface area contributed by atoms with Gasteiger partial charge in [-0.3, -0.25) is 14.9 Å². The molecule has 2 aromatic rings. The first-order valence-corrected chi connectivity index (χ1v) is 6.30. The largest absolute Gasteiger partial charge is 0.351 e. The van der Waals surface area contributed by atoms with Gasteiger partial charge < -0.3 is 9.88 Å². The lowest BCUT2D eigenvalue weighted by Gasteiger charge is -2.04. The lowest BCUT2D eigenvalue weighted by molar-refractivity contribution is -0.384. The van der Waals surface area contributed by atoms with Crippen LogP contribution >= 0.6 is 0 Å². The third-order valence-corrected chi connectivity index (χ3v) is 2.98. The van der Waals surface area contributed by atoms with Gasteiger partial charge in [0.15, 0.2) is 0 Å². The SMILES string of the molecule is Cn1cccc1C=C(C#N)C(=O)Nc1ccc([N+](=O)[O-])cc1. The third-order valence-electron chi connectivity index (χ3n) is 2.98. The Balaban J connectivity index is 2.16. The van der Waals surface area contributed by atoms with Crippen LogP contribution in [0.5, 0.6) is 0 Å². The van der Waals surface area contributed by atoms with Crippen molar-refractivity contribution in [2.75, 3.05) is 5.32 Å². The molecule has 0 aliphatic heterocycles. The van der Waals surface area contributed by atoms with Crippen LogP contribution in [0.1, 0.15) is 5.69 Å². The zero-order valence-electron chi connectivity index (χ0n) is 11.7. The maximum Gasteiger partial charge on any atom is 0.269 e. The molecule has 1 amide bonds. The molecule has 0 spiro atoms. The Morgan fingerprint density at radius 2 is 2.05 bits per heavy atom. The lowest BCUT2D eigenvalue weighted by Crippen LogP contribution is -2.13. The van der Waals surface area contributed by atoms with Crippen LogP contribution in [0.25, 0.3) is 6.08 Å². The van der Waals surface area contributed by atoms with E-state index in [-0.39, 0.29) is 11.3 Å². The quantitative estimate of drug-likeness (QED) is 0.405. The number of hydrogen-bond donors (Lipinski definition) is 1. The van der Waals surface area contributed by atoms with Gasteiger partial charge in [0.05, 0.1) is 4.92 Å². The minimum absolute atomic E-state index is 0.0554. The smallest absolute Gasteiger partial charge is 0.269 e. The number of aromatic nitrogens is 1. The van der Waals surface area contributed by atoms with E-state index in [0.717, 1.165) is 5.69 Å². The Bertz CT molecular complexity index is 782. The molecule has 1 heterocycles. The van der Waals surface area contributed by atoms with E-state index in [1.807, 2.05) is 6.07 Å². The van der Waals surface area contributed by atoms with E-state index in [9.17, 15) is 14.9 Å². The molecule has 1 N–H and O–H groups in total. The molecule has 1 aromatic heterocycles. The van der Waals surface area contributed by atoms with Crippen LogP contribution in [0, 0.1) is 21.4 Å². The van der Waals surface area contributed by atoms with Crippen molar-refractivity contribution in [2.24, 2.45) is 7.05 Å². The highest BCUT2D eigenvalue weighted by atomic mass is 16.6. The Morgan fingerprint density at radius 3 is 2.55 bits per heavy atom. The maximum atomic E-state index is 12.1. The number of nitrogens with one attached hydrogen (secondary N) is 1. The molecule has 0 bridgehead atoms. The molecule has 0 saturated carbocycles. The summed E-state index contributed by atoms with van der Waals surface area (Å²) in [6.07, 6.45) is 3.27. The first-order valence-electron chi connectivity index (χ1n) is 6.30. The Hall–Kier alpha value is -3.40. The maximum absolute atomic E-state index is 12.1. The van der Waals surface area contributed by atoms with Gasteiger partial charge in [-0.25, -0.2) is 0 Å². The number of rotatable bonds is 4. The van der Waals surface area contributed by atoms with E-state index in [1.165, 1.54) is 30.3 Å². The molecule has 0 aliphatic carbocycles. The van der Waals surface area contributed by atoms with Crippen LogP contribution in [0.2, 0.25) is 0 Å². The average Bonchev–Trinajstić information content (AvgIpc) is 2.90. The number of nitro benzene ring substituents is 1. The van der Waals surface area contributed by atoms with E-state index < -0.39 is 10.8 Å². The van der Waals surface area contributed by atoms with Crippen LogP contribution < -0.4 is 5.32 Å². The average molecular weight is 296 g/mol. The van der Waals surface area contributed by atoms with Gasteiger partial charge in [-0.05, 0) is 30.3 Å². The molecule has 0 fully saturated rings. The van der Waals surface area contributed by atoms with Crippen molar-refractivity contribution in [3.05, 3.63) is 64.0 Å². The first-order chi connectivity index (χ1) is 10.5. The van der Waals surface area contributed by atoms with Crippen LogP contribution in [0.15, 0.2) is 48.2 Å². The van der Waals surface area contributed by atoms with Gasteiger partial charge >= 0.3 is 0 Å². The molecular weight excluding hydrogens is 284 g/mol. The Morgan fingerprint density at radius 1 is 1.36 bits per heavy atom. The fourth-order valence-electron chi connectivity index (χ4n) is 1.79. The first kappa shape index (κ1) is 15.0. The molecule has 0 unspecified atom stereocenters. The molecular formula is C15H12N4O3. The van der Waals surface area contributed by atoms with Gasteiger partial charge in [0.1, 0.15) is 11.6 Å². The second kappa shape index (κ2) is 6.37. The number of non-ortho nitro benzene ring substituents is 1. The summed E-state index contributed by atoms with van der Waals surface area (Å²) >= 11 is 0. The molecule has 0 atom stereocenters. The Labute approximate surface area is 126 Å². The number of nitriles is 1. The van der Waals surface area contributed by atoms with Crippen molar-refractivity contribution in [3.8, 4) is 6.07 Å². The van der Waals surface area contributed by atoms with E-state index in [1.54, 1.807) is 29.9 Å². The van der Waals surface area contributed by atoms with Gasteiger partial charge in [-0.1, -0.05) is 0 Å². The Kier molecular flexibility index (Phi) is 4.34. The predicted octanol–water partition coefficient (Wildman–Crippen LogP) is 2.48. The number of benzene rings is 1. The number of nitro groups is 1. The molecule has 22 heavy (non-hydrogen) atoms. The van der Waals surface area contributed by atoms with E-state index in [2.05, 4.69) is 5.32 Å². The summed E-state index contributed by atoms with van der Waals surface area (Å²) in [6, 6.07) is 10.8. The van der Waals surface area contributed by atoms with Gasteiger partial charge in [0.25, 0.3) is 11.6 Å². The highest BCUT2D eigenvalue weighted by molar-refractivity contribution is 6.09.